The molecule has 1 heterocycles. The summed E-state index contributed by atoms with van der Waals surface area (Å²) in [6, 6.07) is 15.5. The van der Waals surface area contributed by atoms with Gasteiger partial charge in [-0.15, -0.1) is 0 Å². The van der Waals surface area contributed by atoms with Gasteiger partial charge in [-0.3, -0.25) is 0 Å². The van der Waals surface area contributed by atoms with Crippen molar-refractivity contribution in [3.8, 4) is 11.6 Å². The van der Waals surface area contributed by atoms with Gasteiger partial charge in [-0.1, -0.05) is 60.5 Å². The molecule has 3 aromatic rings. The van der Waals surface area contributed by atoms with Gasteiger partial charge in [-0.2, -0.15) is 5.10 Å². The van der Waals surface area contributed by atoms with Gasteiger partial charge in [0.1, 0.15) is 5.75 Å². The van der Waals surface area contributed by atoms with Crippen molar-refractivity contribution in [2.75, 3.05) is 6.61 Å². The number of aromatic nitrogens is 2. The van der Waals surface area contributed by atoms with Crippen molar-refractivity contribution in [3.63, 3.8) is 0 Å². The van der Waals surface area contributed by atoms with Crippen molar-refractivity contribution in [1.29, 1.82) is 0 Å². The summed E-state index contributed by atoms with van der Waals surface area (Å²) in [7, 11) is 0. The van der Waals surface area contributed by atoms with Crippen LogP contribution >= 0.6 is 23.2 Å². The number of nitrogens with zero attached hydrogens (tertiary/aromatic N) is 2. The van der Waals surface area contributed by atoms with Crippen LogP contribution in [0.3, 0.4) is 0 Å². The van der Waals surface area contributed by atoms with Gasteiger partial charge >= 0.3 is 0 Å². The normalized spacial score (nSPS) is 11.2. The zero-order valence-electron chi connectivity index (χ0n) is 17.0. The lowest BCUT2D eigenvalue weighted by atomic mass is 10.1. The standard InChI is InChI=1S/C23H26Cl2N2O2/c1-4-21-22(10-11-28-15-17-8-6-5-7-9-17)26-27(16(2)3)23(21)29-20-13-18(24)12-19(25)14-20/h5-9,12-14,16H,4,10-11,15H2,1-3H3. The molecule has 0 aliphatic rings. The fourth-order valence-electron chi connectivity index (χ4n) is 3.14. The van der Waals surface area contributed by atoms with E-state index in [-0.39, 0.29) is 6.04 Å². The lowest BCUT2D eigenvalue weighted by Gasteiger charge is -2.13. The quantitative estimate of drug-likeness (QED) is 0.345. The van der Waals surface area contributed by atoms with Crippen LogP contribution in [0.2, 0.25) is 10.0 Å². The molecule has 0 saturated heterocycles. The number of hydrogen-bond acceptors (Lipinski definition) is 3. The van der Waals surface area contributed by atoms with Crippen molar-refractivity contribution >= 4 is 23.2 Å². The highest BCUT2D eigenvalue weighted by Crippen LogP contribution is 2.33. The maximum atomic E-state index is 6.20. The topological polar surface area (TPSA) is 36.3 Å². The highest BCUT2D eigenvalue weighted by atomic mass is 35.5. The van der Waals surface area contributed by atoms with E-state index in [9.17, 15) is 0 Å². The minimum absolute atomic E-state index is 0.156. The predicted molar refractivity (Wildman–Crippen MR) is 118 cm³/mol. The first-order chi connectivity index (χ1) is 14.0. The van der Waals surface area contributed by atoms with Crippen LogP contribution in [0, 0.1) is 0 Å². The maximum absolute atomic E-state index is 6.20. The summed E-state index contributed by atoms with van der Waals surface area (Å²) in [6.07, 6.45) is 1.53. The summed E-state index contributed by atoms with van der Waals surface area (Å²) in [5.74, 6) is 1.34. The van der Waals surface area contributed by atoms with Gasteiger partial charge < -0.3 is 9.47 Å². The molecule has 0 bridgehead atoms. The third-order valence-electron chi connectivity index (χ3n) is 4.53. The van der Waals surface area contributed by atoms with Crippen molar-refractivity contribution < 1.29 is 9.47 Å². The molecule has 2 aromatic carbocycles. The lowest BCUT2D eigenvalue weighted by Crippen LogP contribution is -2.06. The van der Waals surface area contributed by atoms with E-state index < -0.39 is 0 Å². The molecule has 0 aliphatic heterocycles. The van der Waals surface area contributed by atoms with Crippen LogP contribution in [0.4, 0.5) is 0 Å². The molecule has 0 N–H and O–H groups in total. The van der Waals surface area contributed by atoms with Crippen molar-refractivity contribution in [3.05, 3.63) is 75.4 Å². The van der Waals surface area contributed by atoms with E-state index in [1.54, 1.807) is 18.2 Å². The minimum Gasteiger partial charge on any atom is -0.439 e. The van der Waals surface area contributed by atoms with Gasteiger partial charge in [-0.25, -0.2) is 4.68 Å². The Morgan fingerprint density at radius 1 is 1.03 bits per heavy atom. The molecular formula is C23H26Cl2N2O2. The van der Waals surface area contributed by atoms with Crippen molar-refractivity contribution in [2.24, 2.45) is 0 Å². The molecule has 6 heteroatoms. The molecule has 0 aliphatic carbocycles. The first-order valence-corrected chi connectivity index (χ1v) is 10.6. The summed E-state index contributed by atoms with van der Waals surface area (Å²) >= 11 is 12.3. The molecule has 29 heavy (non-hydrogen) atoms. The number of halogens is 2. The van der Waals surface area contributed by atoms with Crippen LogP contribution in [0.25, 0.3) is 0 Å². The molecule has 3 rings (SSSR count). The molecule has 0 fully saturated rings. The minimum atomic E-state index is 0.156. The molecule has 0 saturated carbocycles. The molecular weight excluding hydrogens is 407 g/mol. The smallest absolute Gasteiger partial charge is 0.221 e. The molecule has 0 unspecified atom stereocenters. The van der Waals surface area contributed by atoms with E-state index in [1.807, 2.05) is 22.9 Å². The molecule has 154 valence electrons. The second-order valence-corrected chi connectivity index (χ2v) is 7.99. The monoisotopic (exact) mass is 432 g/mol. The van der Waals surface area contributed by atoms with E-state index in [2.05, 4.69) is 32.9 Å². The van der Waals surface area contributed by atoms with E-state index in [0.29, 0.717) is 29.0 Å². The maximum Gasteiger partial charge on any atom is 0.221 e. The van der Waals surface area contributed by atoms with Crippen LogP contribution in [-0.2, 0) is 24.2 Å². The third-order valence-corrected chi connectivity index (χ3v) is 4.97. The van der Waals surface area contributed by atoms with Crippen LogP contribution < -0.4 is 4.74 Å². The van der Waals surface area contributed by atoms with E-state index >= 15 is 0 Å². The van der Waals surface area contributed by atoms with Crippen molar-refractivity contribution in [2.45, 2.75) is 46.3 Å². The van der Waals surface area contributed by atoms with E-state index in [0.717, 1.165) is 35.5 Å². The predicted octanol–water partition coefficient (Wildman–Crippen LogP) is 6.88. The average Bonchev–Trinajstić information content (AvgIpc) is 3.02. The molecule has 0 amide bonds. The fourth-order valence-corrected chi connectivity index (χ4v) is 3.65. The van der Waals surface area contributed by atoms with Gasteiger partial charge in [-0.05, 0) is 44.0 Å². The van der Waals surface area contributed by atoms with Crippen LogP contribution in [0.15, 0.2) is 48.5 Å². The number of benzene rings is 2. The molecule has 1 aromatic heterocycles. The second-order valence-electron chi connectivity index (χ2n) is 7.12. The van der Waals surface area contributed by atoms with Gasteiger partial charge in [0, 0.05) is 22.0 Å². The molecule has 0 radical (unpaired) electrons. The summed E-state index contributed by atoms with van der Waals surface area (Å²) in [5, 5.41) is 5.89. The van der Waals surface area contributed by atoms with Gasteiger partial charge in [0.25, 0.3) is 0 Å². The Hall–Kier alpha value is -2.01. The highest BCUT2D eigenvalue weighted by Gasteiger charge is 2.20. The Morgan fingerprint density at radius 2 is 1.72 bits per heavy atom. The van der Waals surface area contributed by atoms with E-state index in [1.165, 1.54) is 0 Å². The molecule has 0 spiro atoms. The van der Waals surface area contributed by atoms with Gasteiger partial charge in [0.15, 0.2) is 0 Å². The Labute approximate surface area is 182 Å². The SMILES string of the molecule is CCc1c(CCOCc2ccccc2)nn(C(C)C)c1Oc1cc(Cl)cc(Cl)c1. The highest BCUT2D eigenvalue weighted by molar-refractivity contribution is 6.34. The Balaban J connectivity index is 1.76. The van der Waals surface area contributed by atoms with Crippen LogP contribution in [-0.4, -0.2) is 16.4 Å². The van der Waals surface area contributed by atoms with E-state index in [4.69, 9.17) is 37.8 Å². The Kier molecular flexibility index (Phi) is 7.59. The van der Waals surface area contributed by atoms with Gasteiger partial charge in [0.05, 0.1) is 24.9 Å². The first kappa shape index (κ1) is 21.7. The Bertz CT molecular complexity index is 919. The first-order valence-electron chi connectivity index (χ1n) is 9.83. The number of rotatable bonds is 9. The number of ether oxygens (including phenoxy) is 2. The Morgan fingerprint density at radius 3 is 2.34 bits per heavy atom. The summed E-state index contributed by atoms with van der Waals surface area (Å²) in [4.78, 5) is 0. The lowest BCUT2D eigenvalue weighted by molar-refractivity contribution is 0.123. The third kappa shape index (κ3) is 5.75. The van der Waals surface area contributed by atoms with Gasteiger partial charge in [0.2, 0.25) is 5.88 Å². The fraction of sp³-hybridized carbons (Fsp3) is 0.348. The zero-order valence-corrected chi connectivity index (χ0v) is 18.5. The average molecular weight is 433 g/mol. The summed E-state index contributed by atoms with van der Waals surface area (Å²) in [6.45, 7) is 7.46. The summed E-state index contributed by atoms with van der Waals surface area (Å²) < 4.78 is 14.0. The van der Waals surface area contributed by atoms with Crippen molar-refractivity contribution in [1.82, 2.24) is 9.78 Å². The zero-order chi connectivity index (χ0) is 20.8. The van der Waals surface area contributed by atoms with Crippen LogP contribution in [0.5, 0.6) is 11.6 Å². The largest absolute Gasteiger partial charge is 0.439 e. The molecule has 0 atom stereocenters. The summed E-state index contributed by atoms with van der Waals surface area (Å²) in [5.41, 5.74) is 3.24. The number of hydrogen-bond donors (Lipinski definition) is 0. The van der Waals surface area contributed by atoms with Crippen LogP contribution in [0.1, 0.15) is 43.6 Å². The second kappa shape index (κ2) is 10.1. The molecule has 4 nitrogen and oxygen atoms in total.